The molecule has 92 valence electrons. The smallest absolute Gasteiger partial charge is 0.237 e. The minimum Gasteiger partial charge on any atom is -0.351 e. The minimum absolute atomic E-state index is 0.00678. The van der Waals surface area contributed by atoms with Gasteiger partial charge in [-0.15, -0.1) is 6.58 Å². The van der Waals surface area contributed by atoms with E-state index in [1.807, 2.05) is 44.2 Å². The van der Waals surface area contributed by atoms with Crippen LogP contribution >= 0.6 is 0 Å². The van der Waals surface area contributed by atoms with Crippen LogP contribution in [0.3, 0.4) is 0 Å². The first kappa shape index (κ1) is 13.5. The number of carbonyl (C=O) groups is 1. The van der Waals surface area contributed by atoms with Gasteiger partial charge in [0.2, 0.25) is 5.91 Å². The van der Waals surface area contributed by atoms with Gasteiger partial charge in [-0.1, -0.05) is 36.4 Å². The largest absolute Gasteiger partial charge is 0.351 e. The molecule has 2 atom stereocenters. The van der Waals surface area contributed by atoms with E-state index in [0.29, 0.717) is 6.54 Å². The zero-order chi connectivity index (χ0) is 12.7. The highest BCUT2D eigenvalue weighted by atomic mass is 16.2. The first-order chi connectivity index (χ1) is 8.15. The molecule has 0 radical (unpaired) electrons. The van der Waals surface area contributed by atoms with Gasteiger partial charge in [-0.25, -0.2) is 0 Å². The van der Waals surface area contributed by atoms with Gasteiger partial charge in [0, 0.05) is 12.6 Å². The molecule has 1 aromatic carbocycles. The molecule has 0 aliphatic rings. The predicted octanol–water partition coefficient (Wildman–Crippen LogP) is 2.03. The normalized spacial score (nSPS) is 13.8. The molecule has 1 amide bonds. The molecule has 0 heterocycles. The third-order valence-corrected chi connectivity index (χ3v) is 2.61. The summed E-state index contributed by atoms with van der Waals surface area (Å²) in [6.07, 6.45) is 1.67. The van der Waals surface area contributed by atoms with Gasteiger partial charge < -0.3 is 5.32 Å². The van der Waals surface area contributed by atoms with Crippen LogP contribution in [0.4, 0.5) is 0 Å². The quantitative estimate of drug-likeness (QED) is 0.737. The molecule has 0 aliphatic carbocycles. The molecule has 0 spiro atoms. The molecule has 0 saturated carbocycles. The van der Waals surface area contributed by atoms with Crippen molar-refractivity contribution in [3.8, 4) is 0 Å². The van der Waals surface area contributed by atoms with Crippen LogP contribution in [-0.2, 0) is 4.79 Å². The lowest BCUT2D eigenvalue weighted by molar-refractivity contribution is -0.122. The number of hydrogen-bond donors (Lipinski definition) is 2. The van der Waals surface area contributed by atoms with E-state index >= 15 is 0 Å². The van der Waals surface area contributed by atoms with Gasteiger partial charge in [-0.05, 0) is 19.4 Å². The van der Waals surface area contributed by atoms with Crippen molar-refractivity contribution in [3.63, 3.8) is 0 Å². The van der Waals surface area contributed by atoms with Crippen LogP contribution in [-0.4, -0.2) is 18.5 Å². The summed E-state index contributed by atoms with van der Waals surface area (Å²) >= 11 is 0. The number of rotatable bonds is 6. The molecule has 0 bridgehead atoms. The fraction of sp³-hybridized carbons (Fsp3) is 0.357. The summed E-state index contributed by atoms with van der Waals surface area (Å²) in [5, 5.41) is 6.03. The summed E-state index contributed by atoms with van der Waals surface area (Å²) in [6.45, 7) is 7.98. The first-order valence-corrected chi connectivity index (χ1v) is 5.84. The van der Waals surface area contributed by atoms with Gasteiger partial charge in [0.15, 0.2) is 0 Å². The summed E-state index contributed by atoms with van der Waals surface area (Å²) in [5.41, 5.74) is 1.18. The second-order valence-corrected chi connectivity index (χ2v) is 4.05. The molecule has 1 rings (SSSR count). The molecular formula is C14H20N2O. The SMILES string of the molecule is C=CCNC(=O)C(C)N[C@@H](C)c1ccccc1. The molecule has 1 unspecified atom stereocenters. The monoisotopic (exact) mass is 232 g/mol. The predicted molar refractivity (Wildman–Crippen MR) is 70.7 cm³/mol. The molecule has 0 aromatic heterocycles. The highest BCUT2D eigenvalue weighted by Gasteiger charge is 2.14. The topological polar surface area (TPSA) is 41.1 Å². The van der Waals surface area contributed by atoms with Crippen molar-refractivity contribution in [1.29, 1.82) is 0 Å². The van der Waals surface area contributed by atoms with Crippen molar-refractivity contribution >= 4 is 5.91 Å². The lowest BCUT2D eigenvalue weighted by Crippen LogP contribution is -2.43. The van der Waals surface area contributed by atoms with Crippen molar-refractivity contribution in [2.24, 2.45) is 0 Å². The highest BCUT2D eigenvalue weighted by molar-refractivity contribution is 5.81. The Balaban J connectivity index is 2.48. The third-order valence-electron chi connectivity index (χ3n) is 2.61. The number of nitrogens with one attached hydrogen (secondary N) is 2. The van der Waals surface area contributed by atoms with Gasteiger partial charge in [-0.2, -0.15) is 0 Å². The Morgan fingerprint density at radius 1 is 1.35 bits per heavy atom. The van der Waals surface area contributed by atoms with Crippen LogP contribution in [0.25, 0.3) is 0 Å². The van der Waals surface area contributed by atoms with Crippen LogP contribution in [0.15, 0.2) is 43.0 Å². The zero-order valence-corrected chi connectivity index (χ0v) is 10.4. The Morgan fingerprint density at radius 2 is 2.00 bits per heavy atom. The molecule has 17 heavy (non-hydrogen) atoms. The van der Waals surface area contributed by atoms with Crippen LogP contribution in [0.2, 0.25) is 0 Å². The third kappa shape index (κ3) is 4.41. The summed E-state index contributed by atoms with van der Waals surface area (Å²) in [5.74, 6) is -0.00678. The number of amides is 1. The summed E-state index contributed by atoms with van der Waals surface area (Å²) in [4.78, 5) is 11.6. The summed E-state index contributed by atoms with van der Waals surface area (Å²) in [6, 6.07) is 10.0. The van der Waals surface area contributed by atoms with Crippen molar-refractivity contribution < 1.29 is 4.79 Å². The van der Waals surface area contributed by atoms with Gasteiger partial charge in [0.1, 0.15) is 0 Å². The van der Waals surface area contributed by atoms with Crippen molar-refractivity contribution in [1.82, 2.24) is 10.6 Å². The van der Waals surface area contributed by atoms with Crippen LogP contribution in [0.1, 0.15) is 25.5 Å². The maximum atomic E-state index is 11.6. The molecule has 3 nitrogen and oxygen atoms in total. The Hall–Kier alpha value is -1.61. The standard InChI is InChI=1S/C14H20N2O/c1-4-10-15-14(17)12(3)16-11(2)13-8-6-5-7-9-13/h4-9,11-12,16H,1,10H2,2-3H3,(H,15,17)/t11-,12?/m0/s1. The van der Waals surface area contributed by atoms with E-state index in [1.165, 1.54) is 5.56 Å². The van der Waals surface area contributed by atoms with Crippen molar-refractivity contribution in [2.45, 2.75) is 25.9 Å². The fourth-order valence-corrected chi connectivity index (χ4v) is 1.61. The average Bonchev–Trinajstić information content (AvgIpc) is 2.36. The number of hydrogen-bond acceptors (Lipinski definition) is 2. The zero-order valence-electron chi connectivity index (χ0n) is 10.4. The van der Waals surface area contributed by atoms with E-state index in [9.17, 15) is 4.79 Å². The maximum Gasteiger partial charge on any atom is 0.237 e. The fourth-order valence-electron chi connectivity index (χ4n) is 1.61. The van der Waals surface area contributed by atoms with E-state index in [2.05, 4.69) is 17.2 Å². The Kier molecular flexibility index (Phi) is 5.43. The van der Waals surface area contributed by atoms with E-state index in [-0.39, 0.29) is 18.0 Å². The summed E-state index contributed by atoms with van der Waals surface area (Å²) in [7, 11) is 0. The average molecular weight is 232 g/mol. The Bertz CT molecular complexity index is 362. The molecule has 3 heteroatoms. The van der Waals surface area contributed by atoms with E-state index in [4.69, 9.17) is 0 Å². The van der Waals surface area contributed by atoms with Crippen LogP contribution in [0, 0.1) is 0 Å². The van der Waals surface area contributed by atoms with Crippen LogP contribution < -0.4 is 10.6 Å². The minimum atomic E-state index is -0.217. The first-order valence-electron chi connectivity index (χ1n) is 5.84. The van der Waals surface area contributed by atoms with E-state index < -0.39 is 0 Å². The molecule has 0 aliphatic heterocycles. The second kappa shape index (κ2) is 6.86. The van der Waals surface area contributed by atoms with E-state index in [0.717, 1.165) is 0 Å². The lowest BCUT2D eigenvalue weighted by Gasteiger charge is -2.19. The van der Waals surface area contributed by atoms with Crippen molar-refractivity contribution in [2.75, 3.05) is 6.54 Å². The highest BCUT2D eigenvalue weighted by Crippen LogP contribution is 2.11. The van der Waals surface area contributed by atoms with Gasteiger partial charge in [-0.3, -0.25) is 10.1 Å². The van der Waals surface area contributed by atoms with Crippen LogP contribution in [0.5, 0.6) is 0 Å². The lowest BCUT2D eigenvalue weighted by atomic mass is 10.1. The van der Waals surface area contributed by atoms with Crippen molar-refractivity contribution in [3.05, 3.63) is 48.6 Å². The molecular weight excluding hydrogens is 212 g/mol. The van der Waals surface area contributed by atoms with E-state index in [1.54, 1.807) is 6.08 Å². The summed E-state index contributed by atoms with van der Waals surface area (Å²) < 4.78 is 0. The van der Waals surface area contributed by atoms with Gasteiger partial charge in [0.25, 0.3) is 0 Å². The number of benzene rings is 1. The second-order valence-electron chi connectivity index (χ2n) is 4.05. The number of carbonyl (C=O) groups excluding carboxylic acids is 1. The molecule has 0 saturated heterocycles. The Morgan fingerprint density at radius 3 is 2.59 bits per heavy atom. The maximum absolute atomic E-state index is 11.6. The Labute approximate surface area is 103 Å². The molecule has 1 aromatic rings. The molecule has 2 N–H and O–H groups in total. The van der Waals surface area contributed by atoms with Gasteiger partial charge >= 0.3 is 0 Å². The van der Waals surface area contributed by atoms with Gasteiger partial charge in [0.05, 0.1) is 6.04 Å². The molecule has 0 fully saturated rings.